The lowest BCUT2D eigenvalue weighted by Gasteiger charge is -2.10. The van der Waals surface area contributed by atoms with Crippen molar-refractivity contribution in [1.29, 1.82) is 0 Å². The summed E-state index contributed by atoms with van der Waals surface area (Å²) in [5.74, 6) is -0.645. The predicted octanol–water partition coefficient (Wildman–Crippen LogP) is 1.92. The molecule has 0 bridgehead atoms. The Morgan fingerprint density at radius 3 is 2.70 bits per heavy atom. The molecule has 0 unspecified atom stereocenters. The van der Waals surface area contributed by atoms with Gasteiger partial charge < -0.3 is 16.4 Å². The Balaban J connectivity index is 1.96. The molecule has 1 aromatic heterocycles. The normalized spacial score (nSPS) is 10.4. The number of amides is 2. The monoisotopic (exact) mass is 350 g/mol. The highest BCUT2D eigenvalue weighted by molar-refractivity contribution is 8.01. The third-order valence-electron chi connectivity index (χ3n) is 2.91. The number of anilines is 1. The zero-order valence-electron chi connectivity index (χ0n) is 12.9. The molecule has 23 heavy (non-hydrogen) atoms. The molecule has 0 saturated heterocycles. The Morgan fingerprint density at radius 1 is 1.30 bits per heavy atom. The molecule has 0 aliphatic rings. The summed E-state index contributed by atoms with van der Waals surface area (Å²) in [4.78, 5) is 28.3. The average molecular weight is 350 g/mol. The van der Waals surface area contributed by atoms with E-state index in [0.717, 1.165) is 26.2 Å². The summed E-state index contributed by atoms with van der Waals surface area (Å²) in [5, 5.41) is 7.21. The fourth-order valence-electron chi connectivity index (χ4n) is 1.77. The van der Waals surface area contributed by atoms with Crippen molar-refractivity contribution in [2.45, 2.75) is 23.1 Å². The van der Waals surface area contributed by atoms with Crippen LogP contribution in [0.1, 0.15) is 11.3 Å². The molecule has 8 heteroatoms. The summed E-state index contributed by atoms with van der Waals surface area (Å²) in [7, 11) is 0. The molecule has 2 rings (SSSR count). The maximum absolute atomic E-state index is 11.8. The van der Waals surface area contributed by atoms with Crippen molar-refractivity contribution in [2.24, 2.45) is 5.73 Å². The second-order valence-electron chi connectivity index (χ2n) is 4.86. The fraction of sp³-hybridized carbons (Fsp3) is 0.267. The zero-order valence-corrected chi connectivity index (χ0v) is 14.5. The van der Waals surface area contributed by atoms with E-state index in [2.05, 4.69) is 15.6 Å². The van der Waals surface area contributed by atoms with Crippen LogP contribution in [0.4, 0.5) is 5.69 Å². The van der Waals surface area contributed by atoms with Crippen molar-refractivity contribution in [3.8, 4) is 0 Å². The maximum atomic E-state index is 11.8. The van der Waals surface area contributed by atoms with Gasteiger partial charge in [-0.25, -0.2) is 4.98 Å². The first kappa shape index (κ1) is 17.5. The largest absolute Gasteiger partial charge is 0.346 e. The van der Waals surface area contributed by atoms with Crippen molar-refractivity contribution >= 4 is 40.6 Å². The number of nitrogens with two attached hydrogens (primary N) is 1. The molecule has 0 saturated carbocycles. The Morgan fingerprint density at radius 2 is 2.09 bits per heavy atom. The molecule has 0 aliphatic carbocycles. The van der Waals surface area contributed by atoms with Crippen LogP contribution in [-0.4, -0.2) is 29.9 Å². The summed E-state index contributed by atoms with van der Waals surface area (Å²) in [5.41, 5.74) is 7.84. The van der Waals surface area contributed by atoms with Crippen LogP contribution < -0.4 is 16.4 Å². The Kier molecular flexibility index (Phi) is 6.14. The topological polar surface area (TPSA) is 97.1 Å². The third-order valence-corrected chi connectivity index (χ3v) is 4.95. The summed E-state index contributed by atoms with van der Waals surface area (Å²) in [6.07, 6.45) is 0. The number of nitrogens with zero attached hydrogens (tertiary/aromatic N) is 1. The van der Waals surface area contributed by atoms with E-state index in [9.17, 15) is 9.59 Å². The lowest BCUT2D eigenvalue weighted by Crippen LogP contribution is -2.36. The number of benzene rings is 1. The van der Waals surface area contributed by atoms with Gasteiger partial charge in [-0.1, -0.05) is 11.8 Å². The van der Waals surface area contributed by atoms with Gasteiger partial charge in [-0.05, 0) is 37.6 Å². The summed E-state index contributed by atoms with van der Waals surface area (Å²) >= 11 is 3.20. The minimum atomic E-state index is -0.359. The zero-order chi connectivity index (χ0) is 16.8. The van der Waals surface area contributed by atoms with Gasteiger partial charge in [0, 0.05) is 21.7 Å². The van der Waals surface area contributed by atoms with Crippen LogP contribution >= 0.6 is 23.1 Å². The molecule has 1 heterocycles. The summed E-state index contributed by atoms with van der Waals surface area (Å²) < 4.78 is 0.989. The molecule has 0 spiro atoms. The number of carbonyl (C=O) groups excluding carboxylic acids is 2. The van der Waals surface area contributed by atoms with Crippen molar-refractivity contribution in [3.63, 3.8) is 0 Å². The molecule has 0 radical (unpaired) electrons. The molecule has 1 aromatic carbocycles. The molecule has 6 nitrogen and oxygen atoms in total. The molecular formula is C15H18N4O2S2. The standard InChI is InChI=1S/C15H18N4O2S2/c1-9-5-11(23-15-18-10(2)8-22-15)3-4-12(9)19-14(21)7-17-13(20)6-16/h3-5,8H,6-7,16H2,1-2H3,(H,17,20)(H,19,21). The minimum Gasteiger partial charge on any atom is -0.346 e. The highest BCUT2D eigenvalue weighted by Gasteiger charge is 2.08. The van der Waals surface area contributed by atoms with Crippen LogP contribution in [0.3, 0.4) is 0 Å². The molecule has 4 N–H and O–H groups in total. The van der Waals surface area contributed by atoms with Gasteiger partial charge in [-0.3, -0.25) is 9.59 Å². The highest BCUT2D eigenvalue weighted by atomic mass is 32.2. The van der Waals surface area contributed by atoms with Crippen molar-refractivity contribution in [1.82, 2.24) is 10.3 Å². The third kappa shape index (κ3) is 5.34. The van der Waals surface area contributed by atoms with Gasteiger partial charge in [0.2, 0.25) is 11.8 Å². The van der Waals surface area contributed by atoms with Gasteiger partial charge in [0.15, 0.2) is 4.34 Å². The number of aromatic nitrogens is 1. The Hall–Kier alpha value is -1.90. The highest BCUT2D eigenvalue weighted by Crippen LogP contribution is 2.32. The fourth-order valence-corrected chi connectivity index (χ4v) is 3.67. The Labute approximate surface area is 142 Å². The molecule has 0 aliphatic heterocycles. The molecule has 0 atom stereocenters. The second kappa shape index (κ2) is 8.09. The van der Waals surface area contributed by atoms with Crippen LogP contribution in [0, 0.1) is 13.8 Å². The lowest BCUT2D eigenvalue weighted by molar-refractivity contribution is -0.123. The molecule has 122 valence electrons. The van der Waals surface area contributed by atoms with E-state index in [1.54, 1.807) is 23.1 Å². The van der Waals surface area contributed by atoms with E-state index in [-0.39, 0.29) is 24.9 Å². The number of aryl methyl sites for hydroxylation is 2. The predicted molar refractivity (Wildman–Crippen MR) is 92.8 cm³/mol. The van der Waals surface area contributed by atoms with Crippen LogP contribution in [-0.2, 0) is 9.59 Å². The maximum Gasteiger partial charge on any atom is 0.243 e. The van der Waals surface area contributed by atoms with Gasteiger partial charge in [0.05, 0.1) is 13.1 Å². The van der Waals surface area contributed by atoms with Gasteiger partial charge in [-0.2, -0.15) is 0 Å². The van der Waals surface area contributed by atoms with Gasteiger partial charge in [0.25, 0.3) is 0 Å². The smallest absolute Gasteiger partial charge is 0.243 e. The van der Waals surface area contributed by atoms with Gasteiger partial charge >= 0.3 is 0 Å². The SMILES string of the molecule is Cc1csc(Sc2ccc(NC(=O)CNC(=O)CN)c(C)c2)n1. The first-order valence-electron chi connectivity index (χ1n) is 6.95. The first-order valence-corrected chi connectivity index (χ1v) is 8.65. The average Bonchev–Trinajstić information content (AvgIpc) is 2.92. The quantitative estimate of drug-likeness (QED) is 0.739. The van der Waals surface area contributed by atoms with Crippen molar-refractivity contribution in [3.05, 3.63) is 34.8 Å². The molecule has 2 aromatic rings. The summed E-state index contributed by atoms with van der Waals surface area (Å²) in [6, 6.07) is 5.78. The van der Waals surface area contributed by atoms with Crippen LogP contribution in [0.25, 0.3) is 0 Å². The Bertz CT molecular complexity index is 715. The summed E-state index contributed by atoms with van der Waals surface area (Å²) in [6.45, 7) is 3.66. The molecule has 2 amide bonds. The number of rotatable bonds is 6. The van der Waals surface area contributed by atoms with Crippen LogP contribution in [0.2, 0.25) is 0 Å². The molecule has 0 fully saturated rings. The minimum absolute atomic E-state index is 0.0929. The number of nitrogens with one attached hydrogen (secondary N) is 2. The van der Waals surface area contributed by atoms with Crippen molar-refractivity contribution in [2.75, 3.05) is 18.4 Å². The number of carbonyl (C=O) groups is 2. The van der Waals surface area contributed by atoms with E-state index < -0.39 is 0 Å². The lowest BCUT2D eigenvalue weighted by atomic mass is 10.2. The van der Waals surface area contributed by atoms with E-state index >= 15 is 0 Å². The van der Waals surface area contributed by atoms with Crippen LogP contribution in [0.15, 0.2) is 32.8 Å². The first-order chi connectivity index (χ1) is 11.0. The number of hydrogen-bond donors (Lipinski definition) is 3. The van der Waals surface area contributed by atoms with Gasteiger partial charge in [-0.15, -0.1) is 11.3 Å². The molecular weight excluding hydrogens is 332 g/mol. The number of hydrogen-bond acceptors (Lipinski definition) is 6. The second-order valence-corrected chi connectivity index (χ2v) is 7.04. The van der Waals surface area contributed by atoms with E-state index in [0.29, 0.717) is 0 Å². The van der Waals surface area contributed by atoms with E-state index in [1.807, 2.05) is 37.4 Å². The van der Waals surface area contributed by atoms with Crippen LogP contribution in [0.5, 0.6) is 0 Å². The van der Waals surface area contributed by atoms with Gasteiger partial charge in [0.1, 0.15) is 0 Å². The van der Waals surface area contributed by atoms with E-state index in [4.69, 9.17) is 5.73 Å². The van der Waals surface area contributed by atoms with Crippen molar-refractivity contribution < 1.29 is 9.59 Å². The number of thiazole rings is 1. The van der Waals surface area contributed by atoms with E-state index in [1.165, 1.54) is 0 Å².